The summed E-state index contributed by atoms with van der Waals surface area (Å²) < 4.78 is 228. The van der Waals surface area contributed by atoms with E-state index in [1.807, 2.05) is 0 Å². The van der Waals surface area contributed by atoms with Crippen LogP contribution in [0.5, 0.6) is 0 Å². The van der Waals surface area contributed by atoms with Crippen LogP contribution in [0, 0.1) is 0 Å². The van der Waals surface area contributed by atoms with Gasteiger partial charge in [0.1, 0.15) is 19.8 Å². The Balaban J connectivity index is 4.37. The highest BCUT2D eigenvalue weighted by atomic mass is 27.3. The third-order valence-electron chi connectivity index (χ3n) is 4.66. The van der Waals surface area contributed by atoms with E-state index in [9.17, 15) is 65.9 Å². The largest absolute Gasteiger partial charge is 0.905 e. The number of hydrogen-bond acceptors (Lipinski definition) is 9. The molecule has 0 amide bonds. The highest BCUT2D eigenvalue weighted by Gasteiger charge is 2.59. The molecule has 0 aromatic carbocycles. The van der Waals surface area contributed by atoms with Gasteiger partial charge in [0.2, 0.25) is 0 Å². The van der Waals surface area contributed by atoms with Crippen molar-refractivity contribution >= 4 is 15.1 Å². The van der Waals surface area contributed by atoms with Crippen LogP contribution in [0.2, 0.25) is 0 Å². The lowest BCUT2D eigenvalue weighted by atomic mass is 10.3. The van der Waals surface area contributed by atoms with Crippen molar-refractivity contribution in [3.63, 3.8) is 0 Å². The third kappa shape index (κ3) is 19.8. The van der Waals surface area contributed by atoms with Gasteiger partial charge in [0, 0.05) is 19.8 Å². The van der Waals surface area contributed by atoms with Crippen LogP contribution in [-0.4, -0.2) is 151 Å². The molecule has 0 heterocycles. The molecule has 0 aliphatic rings. The fraction of sp³-hybridized carbons (Fsp3) is 1.00. The number of hydrogen-bond donors (Lipinski definition) is 0. The van der Waals surface area contributed by atoms with Gasteiger partial charge >= 0.3 is 51.4 Å². The monoisotopic (exact) mass is 738 g/mol. The van der Waals surface area contributed by atoms with Gasteiger partial charge in [-0.05, 0) is 0 Å². The molecule has 0 saturated carbocycles. The number of ether oxygens (including phenoxy) is 6. The van der Waals surface area contributed by atoms with E-state index in [1.165, 1.54) is 0 Å². The minimum atomic E-state index is -5.79. The fourth-order valence-corrected chi connectivity index (χ4v) is 3.42. The molecular formula is C21H30AlF15O9. The van der Waals surface area contributed by atoms with Gasteiger partial charge in [-0.3, -0.25) is 0 Å². The Morgan fingerprint density at radius 2 is 0.478 bits per heavy atom. The Labute approximate surface area is 256 Å². The van der Waals surface area contributed by atoms with E-state index in [-0.39, 0.29) is 39.6 Å². The first-order valence-electron chi connectivity index (χ1n) is 12.7. The van der Waals surface area contributed by atoms with E-state index in [0.29, 0.717) is 0 Å². The summed E-state index contributed by atoms with van der Waals surface area (Å²) in [6.45, 7) is -10.4. The fourth-order valence-electron chi connectivity index (χ4n) is 2.26. The van der Waals surface area contributed by atoms with Gasteiger partial charge < -0.3 is 39.8 Å². The van der Waals surface area contributed by atoms with E-state index in [4.69, 9.17) is 25.6 Å². The molecule has 0 aromatic heterocycles. The normalized spacial score (nSPS) is 13.9. The summed E-state index contributed by atoms with van der Waals surface area (Å²) in [4.78, 5) is 0. The molecule has 0 spiro atoms. The van der Waals surface area contributed by atoms with Crippen molar-refractivity contribution < 1.29 is 106 Å². The Bertz CT molecular complexity index is 687. The maximum atomic E-state index is 12.7. The Morgan fingerprint density at radius 3 is 0.696 bits per heavy atom. The van der Waals surface area contributed by atoms with Gasteiger partial charge in [0.05, 0.1) is 59.5 Å². The highest BCUT2D eigenvalue weighted by Crippen LogP contribution is 2.37. The molecule has 0 unspecified atom stereocenters. The van der Waals surface area contributed by atoms with Gasteiger partial charge in [0.15, 0.2) is 0 Å². The van der Waals surface area contributed by atoms with Crippen molar-refractivity contribution in [2.75, 3.05) is 99.1 Å². The predicted molar refractivity (Wildman–Crippen MR) is 122 cm³/mol. The maximum Gasteiger partial charge on any atom is 0.905 e. The van der Waals surface area contributed by atoms with Crippen molar-refractivity contribution in [2.45, 2.75) is 36.3 Å². The Kier molecular flexibility index (Phi) is 20.9. The van der Waals surface area contributed by atoms with Crippen molar-refractivity contribution in [1.29, 1.82) is 0 Å². The van der Waals surface area contributed by atoms with Gasteiger partial charge in [-0.1, -0.05) is 0 Å². The lowest BCUT2D eigenvalue weighted by Crippen LogP contribution is -2.41. The smallest absolute Gasteiger partial charge is 0.452 e. The highest BCUT2D eigenvalue weighted by molar-refractivity contribution is 6.36. The molecule has 0 radical (unpaired) electrons. The number of alkyl halides is 15. The second-order valence-corrected chi connectivity index (χ2v) is 10.1. The Morgan fingerprint density at radius 1 is 0.283 bits per heavy atom. The zero-order chi connectivity index (χ0) is 35.5. The van der Waals surface area contributed by atoms with Gasteiger partial charge in [-0.15, -0.1) is 0 Å². The van der Waals surface area contributed by atoms with E-state index in [2.05, 4.69) is 14.2 Å². The molecule has 276 valence electrons. The molecule has 0 fully saturated rings. The molecule has 0 saturated heterocycles. The van der Waals surface area contributed by atoms with E-state index in [1.54, 1.807) is 0 Å². The second kappa shape index (κ2) is 21.3. The zero-order valence-electron chi connectivity index (χ0n) is 23.5. The first-order chi connectivity index (χ1) is 21.0. The van der Waals surface area contributed by atoms with Crippen molar-refractivity contribution in [3.05, 3.63) is 0 Å². The lowest BCUT2D eigenvalue weighted by molar-refractivity contribution is -0.297. The van der Waals surface area contributed by atoms with Crippen molar-refractivity contribution in [3.8, 4) is 0 Å². The Hall–Kier alpha value is -0.878. The average molecular weight is 738 g/mol. The van der Waals surface area contributed by atoms with Crippen LogP contribution in [0.4, 0.5) is 65.9 Å². The summed E-state index contributed by atoms with van der Waals surface area (Å²) in [5, 5.41) is 0. The zero-order valence-corrected chi connectivity index (χ0v) is 24.7. The van der Waals surface area contributed by atoms with Gasteiger partial charge in [0.25, 0.3) is 0 Å². The second-order valence-electron chi connectivity index (χ2n) is 8.50. The quantitative estimate of drug-likeness (QED) is 0.0677. The molecule has 0 aliphatic heterocycles. The molecule has 0 aliphatic carbocycles. The summed E-state index contributed by atoms with van der Waals surface area (Å²) in [7, 11) is 0. The summed E-state index contributed by atoms with van der Waals surface area (Å²) >= 11 is -3.06. The van der Waals surface area contributed by atoms with Crippen LogP contribution in [0.25, 0.3) is 0 Å². The molecular weight excluding hydrogens is 708 g/mol. The molecule has 9 nitrogen and oxygen atoms in total. The summed E-state index contributed by atoms with van der Waals surface area (Å²) in [6.07, 6.45) is -17.4. The van der Waals surface area contributed by atoms with Crippen LogP contribution in [-0.2, 0) is 39.8 Å². The van der Waals surface area contributed by atoms with Crippen LogP contribution in [0.1, 0.15) is 0 Å². The summed E-state index contributed by atoms with van der Waals surface area (Å²) in [5.41, 5.74) is 0. The van der Waals surface area contributed by atoms with Crippen molar-refractivity contribution in [1.82, 2.24) is 0 Å². The minimum absolute atomic E-state index is 0.248. The number of rotatable bonds is 27. The average Bonchev–Trinajstić information content (AvgIpc) is 2.90. The van der Waals surface area contributed by atoms with E-state index < -0.39 is 111 Å². The SMILES string of the molecule is FC(F)(F)C(F)(F)COCCOCC[O][Al]([O]CCOCCOCC(F)(F)C(F)(F)F)[O]CCOCCOCC(F)(F)C(F)(F)F. The third-order valence-corrected chi connectivity index (χ3v) is 6.18. The molecule has 0 rings (SSSR count). The van der Waals surface area contributed by atoms with E-state index >= 15 is 0 Å². The predicted octanol–water partition coefficient (Wildman–Crippen LogP) is 4.71. The first-order valence-corrected chi connectivity index (χ1v) is 14.1. The molecule has 0 aromatic rings. The standard InChI is InChI=1S/3C7H10F5O3.Al/c3*8-6(9,7(10,11)12)5-15-4-3-14-2-1-13;/h3*1-5H2;/q3*-1;+3. The molecule has 0 bridgehead atoms. The minimum Gasteiger partial charge on any atom is -0.452 e. The van der Waals surface area contributed by atoms with Crippen LogP contribution < -0.4 is 0 Å². The molecule has 25 heteroatoms. The van der Waals surface area contributed by atoms with Crippen LogP contribution >= 0.6 is 0 Å². The van der Waals surface area contributed by atoms with Crippen molar-refractivity contribution in [2.24, 2.45) is 0 Å². The van der Waals surface area contributed by atoms with Crippen LogP contribution in [0.3, 0.4) is 0 Å². The van der Waals surface area contributed by atoms with Gasteiger partial charge in [-0.25, -0.2) is 0 Å². The topological polar surface area (TPSA) is 83.1 Å². The van der Waals surface area contributed by atoms with Crippen LogP contribution in [0.15, 0.2) is 0 Å². The number of halogens is 15. The molecule has 46 heavy (non-hydrogen) atoms. The lowest BCUT2D eigenvalue weighted by Gasteiger charge is -2.19. The maximum absolute atomic E-state index is 12.7. The summed E-state index contributed by atoms with van der Waals surface area (Å²) in [5.74, 6) is -15.2. The summed E-state index contributed by atoms with van der Waals surface area (Å²) in [6, 6.07) is 0. The molecule has 0 atom stereocenters. The van der Waals surface area contributed by atoms with Gasteiger partial charge in [-0.2, -0.15) is 65.9 Å². The van der Waals surface area contributed by atoms with E-state index in [0.717, 1.165) is 0 Å². The first kappa shape index (κ1) is 45.1. The molecule has 0 N–H and O–H groups in total.